The Labute approximate surface area is 223 Å². The lowest BCUT2D eigenvalue weighted by Gasteiger charge is -2.16. The molecule has 0 heterocycles. The Bertz CT molecular complexity index is 1500. The van der Waals surface area contributed by atoms with Gasteiger partial charge in [-0.3, -0.25) is 9.59 Å². The van der Waals surface area contributed by atoms with Crippen molar-refractivity contribution in [3.63, 3.8) is 0 Å². The van der Waals surface area contributed by atoms with Crippen LogP contribution in [-0.2, 0) is 9.59 Å². The van der Waals surface area contributed by atoms with Crippen LogP contribution in [0.1, 0.15) is 40.5 Å². The van der Waals surface area contributed by atoms with E-state index in [1.807, 2.05) is 94.4 Å². The largest absolute Gasteiger partial charge is 0.426 e. The highest BCUT2D eigenvalue weighted by Crippen LogP contribution is 2.37. The summed E-state index contributed by atoms with van der Waals surface area (Å²) in [6, 6.07) is 24.9. The number of ether oxygens (including phenoxy) is 2. The second kappa shape index (κ2) is 11.7. The van der Waals surface area contributed by atoms with Crippen LogP contribution in [0, 0.1) is 18.4 Å². The van der Waals surface area contributed by atoms with Gasteiger partial charge in [0, 0.05) is 10.8 Å². The van der Waals surface area contributed by atoms with Crippen molar-refractivity contribution in [2.24, 2.45) is 11.8 Å². The zero-order chi connectivity index (χ0) is 27.2. The number of hydrogen-bond acceptors (Lipinski definition) is 4. The first kappa shape index (κ1) is 26.6. The highest BCUT2D eigenvalue weighted by molar-refractivity contribution is 5.98. The molecule has 4 rings (SSSR count). The van der Waals surface area contributed by atoms with Crippen LogP contribution >= 0.6 is 0 Å². The summed E-state index contributed by atoms with van der Waals surface area (Å²) >= 11 is 0. The maximum Gasteiger partial charge on any atom is 0.314 e. The van der Waals surface area contributed by atoms with Gasteiger partial charge in [-0.25, -0.2) is 4.85 Å². The molecule has 0 radical (unpaired) electrons. The van der Waals surface area contributed by atoms with E-state index in [1.54, 1.807) is 12.1 Å². The van der Waals surface area contributed by atoms with E-state index < -0.39 is 0 Å². The van der Waals surface area contributed by atoms with Crippen molar-refractivity contribution in [3.8, 4) is 33.8 Å². The molecule has 4 aromatic carbocycles. The van der Waals surface area contributed by atoms with Crippen molar-refractivity contribution in [1.82, 2.24) is 0 Å². The van der Waals surface area contributed by atoms with E-state index >= 15 is 0 Å². The van der Waals surface area contributed by atoms with Crippen molar-refractivity contribution in [3.05, 3.63) is 90.3 Å². The van der Waals surface area contributed by atoms with Crippen LogP contribution in [0.4, 0.5) is 5.69 Å². The molecule has 0 aliphatic carbocycles. The summed E-state index contributed by atoms with van der Waals surface area (Å²) < 4.78 is 11.5. The van der Waals surface area contributed by atoms with Crippen LogP contribution < -0.4 is 9.47 Å². The fraction of sp³-hybridized carbons (Fsp3) is 0.242. The Balaban J connectivity index is 1.73. The van der Waals surface area contributed by atoms with Gasteiger partial charge in [0.05, 0.1) is 18.4 Å². The topological polar surface area (TPSA) is 57.0 Å². The van der Waals surface area contributed by atoms with Gasteiger partial charge in [0.2, 0.25) is 0 Å². The summed E-state index contributed by atoms with van der Waals surface area (Å²) in [4.78, 5) is 28.6. The fourth-order valence-electron chi connectivity index (χ4n) is 3.99. The standard InChI is InChI=1S/C33H31NO4/c1-6-21(3)32(35)37-30-18-19-31(38-33(36)22(4)7-2)29-20-26(14-17-28(29)30)25-10-8-23(9-11-25)24-12-15-27(34-5)16-13-24/h8-22H,6-7H2,1-4H3. The number of fused-ring (bicyclic) bond motifs is 1. The number of esters is 2. The molecule has 5 heteroatoms. The first-order valence-electron chi connectivity index (χ1n) is 12.9. The van der Waals surface area contributed by atoms with Gasteiger partial charge in [-0.15, -0.1) is 0 Å². The molecule has 0 saturated carbocycles. The lowest BCUT2D eigenvalue weighted by atomic mass is 9.97. The molecule has 0 saturated heterocycles. The Morgan fingerprint density at radius 3 is 1.55 bits per heavy atom. The average Bonchev–Trinajstić information content (AvgIpc) is 2.97. The Hall–Kier alpha value is -4.43. The molecule has 0 aliphatic rings. The van der Waals surface area contributed by atoms with E-state index in [4.69, 9.17) is 16.0 Å². The second-order valence-electron chi connectivity index (χ2n) is 9.52. The molecule has 0 fully saturated rings. The van der Waals surface area contributed by atoms with Crippen LogP contribution in [0.2, 0.25) is 0 Å². The molecular formula is C33H31NO4. The second-order valence-corrected chi connectivity index (χ2v) is 9.52. The lowest BCUT2D eigenvalue weighted by molar-refractivity contribution is -0.139. The van der Waals surface area contributed by atoms with Crippen molar-refractivity contribution < 1.29 is 19.1 Å². The quantitative estimate of drug-likeness (QED) is 0.137. The van der Waals surface area contributed by atoms with Gasteiger partial charge in [0.1, 0.15) is 11.5 Å². The van der Waals surface area contributed by atoms with Crippen molar-refractivity contribution >= 4 is 28.4 Å². The van der Waals surface area contributed by atoms with Crippen LogP contribution in [0.25, 0.3) is 37.9 Å². The number of nitrogens with zero attached hydrogens (tertiary/aromatic N) is 1. The van der Waals surface area contributed by atoms with Gasteiger partial charge >= 0.3 is 11.9 Å². The van der Waals surface area contributed by atoms with Gasteiger partial charge in [0.15, 0.2) is 5.69 Å². The minimum atomic E-state index is -0.294. The van der Waals surface area contributed by atoms with E-state index in [0.29, 0.717) is 40.8 Å². The van der Waals surface area contributed by atoms with Gasteiger partial charge in [0.25, 0.3) is 0 Å². The third-order valence-corrected chi connectivity index (χ3v) is 6.94. The average molecular weight is 506 g/mol. The number of hydrogen-bond donors (Lipinski definition) is 0. The molecule has 0 N–H and O–H groups in total. The highest BCUT2D eigenvalue weighted by Gasteiger charge is 2.19. The Morgan fingerprint density at radius 1 is 0.658 bits per heavy atom. The molecule has 0 spiro atoms. The molecule has 2 unspecified atom stereocenters. The first-order valence-corrected chi connectivity index (χ1v) is 12.9. The molecule has 5 nitrogen and oxygen atoms in total. The summed E-state index contributed by atoms with van der Waals surface area (Å²) in [6.45, 7) is 14.7. The first-order chi connectivity index (χ1) is 18.3. The lowest BCUT2D eigenvalue weighted by Crippen LogP contribution is -2.18. The van der Waals surface area contributed by atoms with Crippen LogP contribution in [-0.4, -0.2) is 11.9 Å². The molecule has 0 aliphatic heterocycles. The van der Waals surface area contributed by atoms with Crippen LogP contribution in [0.15, 0.2) is 78.9 Å². The van der Waals surface area contributed by atoms with E-state index in [0.717, 1.165) is 22.3 Å². The molecule has 0 aromatic heterocycles. The minimum Gasteiger partial charge on any atom is -0.426 e. The third kappa shape index (κ3) is 5.76. The predicted molar refractivity (Wildman–Crippen MR) is 151 cm³/mol. The third-order valence-electron chi connectivity index (χ3n) is 6.94. The van der Waals surface area contributed by atoms with Gasteiger partial charge < -0.3 is 9.47 Å². The maximum atomic E-state index is 12.6. The molecule has 0 amide bonds. The Morgan fingerprint density at radius 2 is 1.08 bits per heavy atom. The van der Waals surface area contributed by atoms with E-state index in [-0.39, 0.29) is 23.8 Å². The van der Waals surface area contributed by atoms with Crippen LogP contribution in [0.5, 0.6) is 11.5 Å². The van der Waals surface area contributed by atoms with E-state index in [9.17, 15) is 9.59 Å². The molecule has 4 aromatic rings. The molecule has 192 valence electrons. The van der Waals surface area contributed by atoms with Crippen molar-refractivity contribution in [2.75, 3.05) is 0 Å². The minimum absolute atomic E-state index is 0.219. The van der Waals surface area contributed by atoms with Crippen molar-refractivity contribution in [1.29, 1.82) is 0 Å². The summed E-state index contributed by atoms with van der Waals surface area (Å²) in [5.41, 5.74) is 4.64. The molecule has 0 bridgehead atoms. The monoisotopic (exact) mass is 505 g/mol. The zero-order valence-corrected chi connectivity index (χ0v) is 22.2. The van der Waals surface area contributed by atoms with Gasteiger partial charge in [-0.2, -0.15) is 0 Å². The highest BCUT2D eigenvalue weighted by atomic mass is 16.5. The normalized spacial score (nSPS) is 12.4. The summed E-state index contributed by atoms with van der Waals surface area (Å²) in [6.07, 6.45) is 1.37. The van der Waals surface area contributed by atoms with Gasteiger partial charge in [-0.05, 0) is 59.4 Å². The number of rotatable bonds is 8. The van der Waals surface area contributed by atoms with Crippen molar-refractivity contribution in [2.45, 2.75) is 40.5 Å². The number of carbonyl (C=O) groups is 2. The zero-order valence-electron chi connectivity index (χ0n) is 22.2. The number of carbonyl (C=O) groups excluding carboxylic acids is 2. The van der Waals surface area contributed by atoms with Crippen LogP contribution in [0.3, 0.4) is 0 Å². The van der Waals surface area contributed by atoms with Gasteiger partial charge in [-0.1, -0.05) is 82.3 Å². The number of benzene rings is 4. The van der Waals surface area contributed by atoms with E-state index in [2.05, 4.69) is 4.85 Å². The smallest absolute Gasteiger partial charge is 0.314 e. The molecule has 2 atom stereocenters. The Kier molecular flexibility index (Phi) is 8.23. The molecular weight excluding hydrogens is 474 g/mol. The summed E-state index contributed by atoms with van der Waals surface area (Å²) in [5.74, 6) is -0.152. The predicted octanol–water partition coefficient (Wildman–Crippen LogP) is 8.63. The fourth-order valence-corrected chi connectivity index (χ4v) is 3.99. The SMILES string of the molecule is [C-]#[N+]c1ccc(-c2ccc(-c3ccc4c(OC(=O)C(C)CC)ccc(OC(=O)C(C)CC)c4c3)cc2)cc1. The molecule has 38 heavy (non-hydrogen) atoms. The summed E-state index contributed by atoms with van der Waals surface area (Å²) in [5, 5.41) is 1.41. The maximum absolute atomic E-state index is 12.6. The summed E-state index contributed by atoms with van der Waals surface area (Å²) in [7, 11) is 0. The van der Waals surface area contributed by atoms with E-state index in [1.165, 1.54) is 0 Å².